The highest BCUT2D eigenvalue weighted by molar-refractivity contribution is 7.99. The molecule has 0 amide bonds. The Morgan fingerprint density at radius 1 is 1.56 bits per heavy atom. The SMILES string of the molecule is CCNC(CSc1n[nH]c(=O)n1C)C1CCCC1. The van der Waals surface area contributed by atoms with E-state index in [4.69, 9.17) is 0 Å². The molecule has 1 unspecified atom stereocenters. The van der Waals surface area contributed by atoms with Crippen LogP contribution in [0.2, 0.25) is 0 Å². The molecule has 1 aromatic heterocycles. The van der Waals surface area contributed by atoms with Crippen molar-refractivity contribution in [2.24, 2.45) is 13.0 Å². The van der Waals surface area contributed by atoms with Crippen LogP contribution in [0.3, 0.4) is 0 Å². The van der Waals surface area contributed by atoms with Crippen LogP contribution in [-0.4, -0.2) is 33.1 Å². The minimum absolute atomic E-state index is 0.140. The predicted molar refractivity (Wildman–Crippen MR) is 74.0 cm³/mol. The Kier molecular flexibility index (Phi) is 4.88. The van der Waals surface area contributed by atoms with E-state index in [1.165, 1.54) is 25.7 Å². The molecule has 102 valence electrons. The third kappa shape index (κ3) is 3.17. The van der Waals surface area contributed by atoms with E-state index in [0.717, 1.165) is 23.4 Å². The van der Waals surface area contributed by atoms with Crippen molar-refractivity contribution in [3.05, 3.63) is 10.5 Å². The van der Waals surface area contributed by atoms with Gasteiger partial charge in [-0.1, -0.05) is 31.5 Å². The van der Waals surface area contributed by atoms with Gasteiger partial charge in [0, 0.05) is 18.8 Å². The van der Waals surface area contributed by atoms with E-state index in [0.29, 0.717) is 6.04 Å². The lowest BCUT2D eigenvalue weighted by atomic mass is 10.00. The fourth-order valence-electron chi connectivity index (χ4n) is 2.61. The molecule has 0 spiro atoms. The Balaban J connectivity index is 1.92. The predicted octanol–water partition coefficient (Wildman–Crippen LogP) is 1.37. The van der Waals surface area contributed by atoms with Crippen molar-refractivity contribution < 1.29 is 0 Å². The Labute approximate surface area is 112 Å². The first kappa shape index (κ1) is 13.7. The topological polar surface area (TPSA) is 62.7 Å². The summed E-state index contributed by atoms with van der Waals surface area (Å²) >= 11 is 1.66. The minimum atomic E-state index is -0.140. The summed E-state index contributed by atoms with van der Waals surface area (Å²) in [5.74, 6) is 1.77. The highest BCUT2D eigenvalue weighted by atomic mass is 32.2. The number of thioether (sulfide) groups is 1. The molecule has 5 nitrogen and oxygen atoms in total. The molecule has 1 aliphatic rings. The van der Waals surface area contributed by atoms with Gasteiger partial charge in [0.05, 0.1) is 0 Å². The van der Waals surface area contributed by atoms with Gasteiger partial charge in [0.1, 0.15) is 0 Å². The summed E-state index contributed by atoms with van der Waals surface area (Å²) in [4.78, 5) is 11.3. The molecular weight excluding hydrogens is 248 g/mol. The summed E-state index contributed by atoms with van der Waals surface area (Å²) in [6.07, 6.45) is 5.38. The average molecular weight is 270 g/mol. The van der Waals surface area contributed by atoms with Crippen LogP contribution in [0.5, 0.6) is 0 Å². The van der Waals surface area contributed by atoms with Crippen LogP contribution in [0.15, 0.2) is 9.95 Å². The molecule has 0 bridgehead atoms. The Morgan fingerprint density at radius 3 is 2.83 bits per heavy atom. The summed E-state index contributed by atoms with van der Waals surface area (Å²) in [5.41, 5.74) is -0.140. The van der Waals surface area contributed by atoms with Gasteiger partial charge in [0.25, 0.3) is 0 Å². The number of H-pyrrole nitrogens is 1. The van der Waals surface area contributed by atoms with Gasteiger partial charge in [-0.25, -0.2) is 9.89 Å². The van der Waals surface area contributed by atoms with Gasteiger partial charge >= 0.3 is 5.69 Å². The molecule has 0 aliphatic heterocycles. The molecule has 1 aromatic rings. The van der Waals surface area contributed by atoms with Gasteiger partial charge in [0.2, 0.25) is 0 Å². The van der Waals surface area contributed by atoms with Crippen molar-refractivity contribution in [1.82, 2.24) is 20.1 Å². The molecule has 0 aromatic carbocycles. The second-order valence-electron chi connectivity index (χ2n) is 4.89. The maximum absolute atomic E-state index is 11.3. The van der Waals surface area contributed by atoms with Crippen LogP contribution in [-0.2, 0) is 7.05 Å². The number of aromatic amines is 1. The first-order valence-corrected chi connectivity index (χ1v) is 7.68. The lowest BCUT2D eigenvalue weighted by molar-refractivity contribution is 0.394. The van der Waals surface area contributed by atoms with Crippen molar-refractivity contribution in [2.45, 2.75) is 43.8 Å². The number of hydrogen-bond donors (Lipinski definition) is 2. The highest BCUT2D eigenvalue weighted by Gasteiger charge is 2.24. The number of rotatable bonds is 6. The standard InChI is InChI=1S/C12H22N4OS/c1-3-13-10(9-6-4-5-7-9)8-18-12-15-14-11(17)16(12)2/h9-10,13H,3-8H2,1-2H3,(H,14,17). The van der Waals surface area contributed by atoms with Crippen molar-refractivity contribution in [1.29, 1.82) is 0 Å². The van der Waals surface area contributed by atoms with E-state index < -0.39 is 0 Å². The van der Waals surface area contributed by atoms with Crippen LogP contribution >= 0.6 is 11.8 Å². The smallest absolute Gasteiger partial charge is 0.313 e. The molecule has 18 heavy (non-hydrogen) atoms. The van der Waals surface area contributed by atoms with Crippen LogP contribution in [0, 0.1) is 5.92 Å². The summed E-state index contributed by atoms with van der Waals surface area (Å²) in [6, 6.07) is 0.536. The first-order chi connectivity index (χ1) is 8.72. The van der Waals surface area contributed by atoms with Crippen molar-refractivity contribution in [3.63, 3.8) is 0 Å². The second kappa shape index (κ2) is 6.43. The summed E-state index contributed by atoms with van der Waals surface area (Å²) in [7, 11) is 1.76. The molecule has 6 heteroatoms. The lowest BCUT2D eigenvalue weighted by Gasteiger charge is -2.23. The number of nitrogens with zero attached hydrogens (tertiary/aromatic N) is 2. The van der Waals surface area contributed by atoms with E-state index in [9.17, 15) is 4.79 Å². The van der Waals surface area contributed by atoms with Gasteiger partial charge in [-0.3, -0.25) is 4.57 Å². The van der Waals surface area contributed by atoms with Gasteiger partial charge < -0.3 is 5.32 Å². The maximum atomic E-state index is 11.3. The zero-order chi connectivity index (χ0) is 13.0. The third-order valence-corrected chi connectivity index (χ3v) is 4.82. The molecule has 1 saturated carbocycles. The monoisotopic (exact) mass is 270 g/mol. The molecule has 0 saturated heterocycles. The van der Waals surface area contributed by atoms with E-state index in [1.54, 1.807) is 23.4 Å². The Morgan fingerprint density at radius 2 is 2.28 bits per heavy atom. The Bertz CT molecular complexity index is 422. The Hall–Kier alpha value is -0.750. The third-order valence-electron chi connectivity index (χ3n) is 3.67. The van der Waals surface area contributed by atoms with Gasteiger partial charge in [-0.05, 0) is 25.3 Å². The van der Waals surface area contributed by atoms with Gasteiger partial charge in [-0.15, -0.1) is 5.10 Å². The van der Waals surface area contributed by atoms with Crippen LogP contribution < -0.4 is 11.0 Å². The van der Waals surface area contributed by atoms with Gasteiger partial charge in [-0.2, -0.15) is 0 Å². The lowest BCUT2D eigenvalue weighted by Crippen LogP contribution is -2.37. The van der Waals surface area contributed by atoms with E-state index in [-0.39, 0.29) is 5.69 Å². The zero-order valence-corrected chi connectivity index (χ0v) is 11.9. The van der Waals surface area contributed by atoms with Crippen LogP contribution in [0.25, 0.3) is 0 Å². The molecule has 1 heterocycles. The molecule has 1 fully saturated rings. The zero-order valence-electron chi connectivity index (χ0n) is 11.1. The second-order valence-corrected chi connectivity index (χ2v) is 5.88. The van der Waals surface area contributed by atoms with Crippen molar-refractivity contribution in [3.8, 4) is 0 Å². The largest absolute Gasteiger partial charge is 0.343 e. The normalized spacial score (nSPS) is 18.3. The van der Waals surface area contributed by atoms with Gasteiger partial charge in [0.15, 0.2) is 5.16 Å². The molecule has 1 aliphatic carbocycles. The average Bonchev–Trinajstić information content (AvgIpc) is 2.98. The van der Waals surface area contributed by atoms with E-state index in [1.807, 2.05) is 0 Å². The summed E-state index contributed by atoms with van der Waals surface area (Å²) in [5, 5.41) is 10.9. The van der Waals surface area contributed by atoms with E-state index in [2.05, 4.69) is 22.4 Å². The first-order valence-electron chi connectivity index (χ1n) is 6.70. The van der Waals surface area contributed by atoms with Crippen LogP contribution in [0.4, 0.5) is 0 Å². The quantitative estimate of drug-likeness (QED) is 0.766. The molecule has 1 atom stereocenters. The van der Waals surface area contributed by atoms with E-state index >= 15 is 0 Å². The summed E-state index contributed by atoms with van der Waals surface area (Å²) in [6.45, 7) is 3.15. The minimum Gasteiger partial charge on any atom is -0.313 e. The molecule has 2 rings (SSSR count). The fraction of sp³-hybridized carbons (Fsp3) is 0.833. The molecule has 0 radical (unpaired) electrons. The number of aromatic nitrogens is 3. The maximum Gasteiger partial charge on any atom is 0.343 e. The summed E-state index contributed by atoms with van der Waals surface area (Å²) < 4.78 is 1.57. The number of nitrogens with one attached hydrogen (secondary N) is 2. The molecular formula is C12H22N4OS. The fourth-order valence-corrected chi connectivity index (χ4v) is 3.71. The number of hydrogen-bond acceptors (Lipinski definition) is 4. The van der Waals surface area contributed by atoms with Crippen molar-refractivity contribution in [2.75, 3.05) is 12.3 Å². The molecule has 2 N–H and O–H groups in total. The van der Waals surface area contributed by atoms with Crippen LogP contribution in [0.1, 0.15) is 32.6 Å². The highest BCUT2D eigenvalue weighted by Crippen LogP contribution is 2.30. The van der Waals surface area contributed by atoms with Crippen molar-refractivity contribution >= 4 is 11.8 Å².